The summed E-state index contributed by atoms with van der Waals surface area (Å²) in [5.41, 5.74) is 1.48. The van der Waals surface area contributed by atoms with Gasteiger partial charge in [-0.3, -0.25) is 0 Å². The summed E-state index contributed by atoms with van der Waals surface area (Å²) in [6, 6.07) is 7.99. The van der Waals surface area contributed by atoms with E-state index in [0.717, 1.165) is 24.3 Å². The molecular formula is C13H16N2O2. The smallest absolute Gasteiger partial charge is 0.121 e. The van der Waals surface area contributed by atoms with Crippen LogP contribution in [0.15, 0.2) is 18.2 Å². The number of nitriles is 1. The maximum atomic E-state index is 9.03. The molecule has 1 fully saturated rings. The highest BCUT2D eigenvalue weighted by Gasteiger charge is 2.29. The zero-order valence-corrected chi connectivity index (χ0v) is 10.1. The molecule has 0 heterocycles. The number of nitrogens with one attached hydrogen (secondary N) is 1. The molecule has 0 aliphatic heterocycles. The van der Waals surface area contributed by atoms with Crippen LogP contribution in [-0.4, -0.2) is 26.4 Å². The van der Waals surface area contributed by atoms with E-state index in [9.17, 15) is 0 Å². The predicted molar refractivity (Wildman–Crippen MR) is 65.2 cm³/mol. The fourth-order valence-corrected chi connectivity index (χ4v) is 1.96. The Balaban J connectivity index is 2.07. The van der Waals surface area contributed by atoms with Gasteiger partial charge in [-0.15, -0.1) is 0 Å². The van der Waals surface area contributed by atoms with Crippen LogP contribution in [0, 0.1) is 11.3 Å². The number of rotatable bonds is 4. The van der Waals surface area contributed by atoms with Crippen molar-refractivity contribution in [2.24, 2.45) is 0 Å². The van der Waals surface area contributed by atoms with Gasteiger partial charge in [0.15, 0.2) is 0 Å². The summed E-state index contributed by atoms with van der Waals surface area (Å²) >= 11 is 0. The normalized spacial score (nSPS) is 22.4. The van der Waals surface area contributed by atoms with Crippen LogP contribution in [0.25, 0.3) is 0 Å². The molecule has 1 aromatic carbocycles. The van der Waals surface area contributed by atoms with Gasteiger partial charge in [-0.1, -0.05) is 0 Å². The second-order valence-corrected chi connectivity index (χ2v) is 4.19. The molecule has 0 saturated heterocycles. The molecule has 4 heteroatoms. The second kappa shape index (κ2) is 5.07. The highest BCUT2D eigenvalue weighted by molar-refractivity contribution is 5.61. The number of hydrogen-bond donors (Lipinski definition) is 1. The van der Waals surface area contributed by atoms with E-state index in [-0.39, 0.29) is 0 Å². The lowest BCUT2D eigenvalue weighted by atomic mass is 9.89. The van der Waals surface area contributed by atoms with E-state index in [1.54, 1.807) is 26.4 Å². The molecule has 0 radical (unpaired) electrons. The van der Waals surface area contributed by atoms with Crippen molar-refractivity contribution in [1.29, 1.82) is 5.26 Å². The summed E-state index contributed by atoms with van der Waals surface area (Å²) in [6.07, 6.45) is 2.32. The third-order valence-corrected chi connectivity index (χ3v) is 3.13. The van der Waals surface area contributed by atoms with Gasteiger partial charge in [0.1, 0.15) is 11.8 Å². The lowest BCUT2D eigenvalue weighted by Crippen LogP contribution is -2.40. The Morgan fingerprint density at radius 3 is 2.71 bits per heavy atom. The van der Waals surface area contributed by atoms with E-state index in [2.05, 4.69) is 11.4 Å². The van der Waals surface area contributed by atoms with Gasteiger partial charge in [0, 0.05) is 19.2 Å². The second-order valence-electron chi connectivity index (χ2n) is 4.19. The fourth-order valence-electron chi connectivity index (χ4n) is 1.96. The molecule has 1 aromatic rings. The molecule has 1 aliphatic rings. The Kier molecular flexibility index (Phi) is 3.50. The van der Waals surface area contributed by atoms with Crippen molar-refractivity contribution in [2.75, 3.05) is 19.5 Å². The summed E-state index contributed by atoms with van der Waals surface area (Å²) < 4.78 is 10.4. The Labute approximate surface area is 101 Å². The van der Waals surface area contributed by atoms with Gasteiger partial charge in [0.2, 0.25) is 0 Å². The monoisotopic (exact) mass is 232 g/mol. The van der Waals surface area contributed by atoms with E-state index in [1.807, 2.05) is 6.07 Å². The van der Waals surface area contributed by atoms with Crippen molar-refractivity contribution in [1.82, 2.24) is 0 Å². The topological polar surface area (TPSA) is 54.3 Å². The number of nitrogens with zero attached hydrogens (tertiary/aromatic N) is 1. The van der Waals surface area contributed by atoms with Crippen molar-refractivity contribution in [3.8, 4) is 11.8 Å². The van der Waals surface area contributed by atoms with Gasteiger partial charge in [-0.05, 0) is 25.0 Å². The van der Waals surface area contributed by atoms with Crippen molar-refractivity contribution in [2.45, 2.75) is 25.0 Å². The van der Waals surface area contributed by atoms with Crippen LogP contribution in [0.4, 0.5) is 5.69 Å². The number of benzene rings is 1. The average molecular weight is 232 g/mol. The summed E-state index contributed by atoms with van der Waals surface area (Å²) in [6.45, 7) is 0. The molecule has 0 bridgehead atoms. The third kappa shape index (κ3) is 2.51. The number of hydrogen-bond acceptors (Lipinski definition) is 4. The van der Waals surface area contributed by atoms with Crippen molar-refractivity contribution < 1.29 is 9.47 Å². The minimum Gasteiger partial charge on any atom is -0.497 e. The van der Waals surface area contributed by atoms with E-state index in [1.165, 1.54) is 0 Å². The molecule has 90 valence electrons. The summed E-state index contributed by atoms with van der Waals surface area (Å²) in [5, 5.41) is 12.4. The Bertz CT molecular complexity index is 434. The standard InChI is InChI=1S/C13H16N2O2/c1-16-11-4-3-9(8-14)13(7-11)15-10-5-12(6-10)17-2/h3-4,7,10,12,15H,5-6H2,1-2H3. The SMILES string of the molecule is COc1ccc(C#N)c(NC2CC(OC)C2)c1. The number of methoxy groups -OCH3 is 2. The number of anilines is 1. The summed E-state index contributed by atoms with van der Waals surface area (Å²) in [4.78, 5) is 0. The van der Waals surface area contributed by atoms with Gasteiger partial charge < -0.3 is 14.8 Å². The molecule has 17 heavy (non-hydrogen) atoms. The van der Waals surface area contributed by atoms with Gasteiger partial charge in [0.25, 0.3) is 0 Å². The molecule has 0 spiro atoms. The molecule has 0 unspecified atom stereocenters. The molecule has 0 amide bonds. The Morgan fingerprint density at radius 1 is 1.35 bits per heavy atom. The molecule has 0 atom stereocenters. The average Bonchev–Trinajstić information content (AvgIpc) is 2.32. The van der Waals surface area contributed by atoms with Gasteiger partial charge >= 0.3 is 0 Å². The summed E-state index contributed by atoms with van der Waals surface area (Å²) in [5.74, 6) is 0.758. The van der Waals surface area contributed by atoms with Crippen molar-refractivity contribution >= 4 is 5.69 Å². The third-order valence-electron chi connectivity index (χ3n) is 3.13. The maximum absolute atomic E-state index is 9.03. The van der Waals surface area contributed by atoms with Crippen molar-refractivity contribution in [3.63, 3.8) is 0 Å². The first-order chi connectivity index (χ1) is 8.26. The van der Waals surface area contributed by atoms with Crippen LogP contribution < -0.4 is 10.1 Å². The lowest BCUT2D eigenvalue weighted by molar-refractivity contribution is 0.0328. The lowest BCUT2D eigenvalue weighted by Gasteiger charge is -2.35. The Morgan fingerprint density at radius 2 is 2.12 bits per heavy atom. The minimum atomic E-state index is 0.351. The first-order valence-electron chi connectivity index (χ1n) is 5.64. The van der Waals surface area contributed by atoms with Gasteiger partial charge in [-0.2, -0.15) is 5.26 Å². The van der Waals surface area contributed by atoms with E-state index in [0.29, 0.717) is 17.7 Å². The highest BCUT2D eigenvalue weighted by Crippen LogP contribution is 2.29. The Hall–Kier alpha value is -1.73. The maximum Gasteiger partial charge on any atom is 0.121 e. The zero-order valence-electron chi connectivity index (χ0n) is 10.1. The van der Waals surface area contributed by atoms with Crippen LogP contribution in [0.5, 0.6) is 5.75 Å². The van der Waals surface area contributed by atoms with Crippen molar-refractivity contribution in [3.05, 3.63) is 23.8 Å². The summed E-state index contributed by atoms with van der Waals surface area (Å²) in [7, 11) is 3.35. The largest absolute Gasteiger partial charge is 0.497 e. The molecule has 1 aliphatic carbocycles. The molecule has 4 nitrogen and oxygen atoms in total. The van der Waals surface area contributed by atoms with Crippen LogP contribution in [-0.2, 0) is 4.74 Å². The first-order valence-corrected chi connectivity index (χ1v) is 5.64. The van der Waals surface area contributed by atoms with Gasteiger partial charge in [-0.25, -0.2) is 0 Å². The quantitative estimate of drug-likeness (QED) is 0.864. The van der Waals surface area contributed by atoms with Gasteiger partial charge in [0.05, 0.1) is 24.5 Å². The molecule has 2 rings (SSSR count). The van der Waals surface area contributed by atoms with E-state index >= 15 is 0 Å². The van der Waals surface area contributed by atoms with Crippen LogP contribution in [0.1, 0.15) is 18.4 Å². The minimum absolute atomic E-state index is 0.351. The number of ether oxygens (including phenoxy) is 2. The first kappa shape index (κ1) is 11.7. The van der Waals surface area contributed by atoms with E-state index < -0.39 is 0 Å². The van der Waals surface area contributed by atoms with E-state index in [4.69, 9.17) is 14.7 Å². The predicted octanol–water partition coefficient (Wildman–Crippen LogP) is 2.16. The van der Waals surface area contributed by atoms with Crippen LogP contribution in [0.3, 0.4) is 0 Å². The molecule has 0 aromatic heterocycles. The highest BCUT2D eigenvalue weighted by atomic mass is 16.5. The van der Waals surface area contributed by atoms with Crippen LogP contribution >= 0.6 is 0 Å². The molecule has 1 saturated carbocycles. The molecule has 1 N–H and O–H groups in total. The van der Waals surface area contributed by atoms with Crippen LogP contribution in [0.2, 0.25) is 0 Å². The fraction of sp³-hybridized carbons (Fsp3) is 0.462. The zero-order chi connectivity index (χ0) is 12.3. The molecular weight excluding hydrogens is 216 g/mol.